The first kappa shape index (κ1) is 11.2. The minimum absolute atomic E-state index is 0.247. The Hall–Kier alpha value is -0.830. The number of nitrogens with one attached hydrogen (secondary N) is 1. The summed E-state index contributed by atoms with van der Waals surface area (Å²) in [4.78, 5) is 0. The van der Waals surface area contributed by atoms with Gasteiger partial charge in [-0.05, 0) is 24.6 Å². The molecule has 0 fully saturated rings. The summed E-state index contributed by atoms with van der Waals surface area (Å²) in [5, 5.41) is 3.00. The van der Waals surface area contributed by atoms with Crippen LogP contribution in [0, 0.1) is 5.82 Å². The van der Waals surface area contributed by atoms with Gasteiger partial charge in [0.25, 0.3) is 0 Å². The summed E-state index contributed by atoms with van der Waals surface area (Å²) in [6.07, 6.45) is 0.908. The molecule has 0 saturated heterocycles. The van der Waals surface area contributed by atoms with Gasteiger partial charge in [0.05, 0.1) is 5.69 Å². The Kier molecular flexibility index (Phi) is 4.14. The van der Waals surface area contributed by atoms with Crippen molar-refractivity contribution in [1.82, 2.24) is 0 Å². The largest absolute Gasteiger partial charge is 0.379 e. The highest BCUT2D eigenvalue weighted by Crippen LogP contribution is 2.19. The van der Waals surface area contributed by atoms with Gasteiger partial charge >= 0.3 is 0 Å². The summed E-state index contributed by atoms with van der Waals surface area (Å²) in [7, 11) is 0. The van der Waals surface area contributed by atoms with Crippen LogP contribution in [0.4, 0.5) is 10.1 Å². The second-order valence-electron chi connectivity index (χ2n) is 3.08. The Balaban J connectivity index is 2.63. The number of benzene rings is 1. The quantitative estimate of drug-likeness (QED) is 0.806. The smallest absolute Gasteiger partial charge is 0.147 e. The maximum atomic E-state index is 13.3. The van der Waals surface area contributed by atoms with Gasteiger partial charge in [0.1, 0.15) is 5.82 Å². The average molecular weight is 258 g/mol. The van der Waals surface area contributed by atoms with Crippen LogP contribution in [0.5, 0.6) is 0 Å². The van der Waals surface area contributed by atoms with Crippen molar-refractivity contribution in [2.45, 2.75) is 13.3 Å². The molecule has 1 nitrogen and oxygen atoms in total. The van der Waals surface area contributed by atoms with Crippen molar-refractivity contribution < 1.29 is 4.39 Å². The first-order chi connectivity index (χ1) is 6.63. The Morgan fingerprint density at radius 2 is 2.29 bits per heavy atom. The Labute approximate surface area is 92.1 Å². The van der Waals surface area contributed by atoms with E-state index in [0.717, 1.165) is 16.5 Å². The van der Waals surface area contributed by atoms with Gasteiger partial charge in [-0.1, -0.05) is 35.0 Å². The summed E-state index contributed by atoms with van der Waals surface area (Å²) >= 11 is 3.20. The van der Waals surface area contributed by atoms with Crippen molar-refractivity contribution in [2.24, 2.45) is 0 Å². The first-order valence-electron chi connectivity index (χ1n) is 4.49. The van der Waals surface area contributed by atoms with E-state index in [4.69, 9.17) is 0 Å². The summed E-state index contributed by atoms with van der Waals surface area (Å²) in [6.45, 7) is 6.49. The van der Waals surface area contributed by atoms with E-state index >= 15 is 0 Å². The molecule has 0 spiro atoms. The average Bonchev–Trinajstić information content (AvgIpc) is 2.16. The second kappa shape index (κ2) is 5.15. The normalized spacial score (nSPS) is 9.93. The van der Waals surface area contributed by atoms with Crippen molar-refractivity contribution in [2.75, 3.05) is 11.9 Å². The lowest BCUT2D eigenvalue weighted by Gasteiger charge is -2.08. The van der Waals surface area contributed by atoms with Crippen LogP contribution in [0.3, 0.4) is 0 Å². The van der Waals surface area contributed by atoms with Crippen molar-refractivity contribution in [3.05, 3.63) is 40.6 Å². The molecular formula is C11H13BrFN. The van der Waals surface area contributed by atoms with Crippen LogP contribution in [0.25, 0.3) is 0 Å². The third-order valence-electron chi connectivity index (χ3n) is 1.96. The summed E-state index contributed by atoms with van der Waals surface area (Å²) in [5.74, 6) is -0.247. The highest BCUT2D eigenvalue weighted by atomic mass is 79.9. The molecule has 3 heteroatoms. The highest BCUT2D eigenvalue weighted by Gasteiger charge is 2.01. The van der Waals surface area contributed by atoms with Gasteiger partial charge < -0.3 is 5.32 Å². The summed E-state index contributed by atoms with van der Waals surface area (Å²) in [6, 6.07) is 4.96. The summed E-state index contributed by atoms with van der Waals surface area (Å²) < 4.78 is 14.0. The van der Waals surface area contributed by atoms with Crippen molar-refractivity contribution >= 4 is 21.6 Å². The SMILES string of the molecule is C=C(CC)CNc1ccc(Br)cc1F. The summed E-state index contributed by atoms with van der Waals surface area (Å²) in [5.41, 5.74) is 1.58. The third-order valence-corrected chi connectivity index (χ3v) is 2.45. The lowest BCUT2D eigenvalue weighted by atomic mass is 10.2. The molecular weight excluding hydrogens is 245 g/mol. The molecule has 0 radical (unpaired) electrons. The maximum absolute atomic E-state index is 13.3. The Morgan fingerprint density at radius 1 is 1.57 bits per heavy atom. The minimum atomic E-state index is -0.247. The zero-order chi connectivity index (χ0) is 10.6. The molecule has 14 heavy (non-hydrogen) atoms. The molecule has 0 unspecified atom stereocenters. The van der Waals surface area contributed by atoms with Gasteiger partial charge in [0.15, 0.2) is 0 Å². The van der Waals surface area contributed by atoms with Crippen LogP contribution in [0.1, 0.15) is 13.3 Å². The molecule has 0 aliphatic rings. The van der Waals surface area contributed by atoms with E-state index in [0.29, 0.717) is 12.2 Å². The molecule has 0 amide bonds. The molecule has 0 aliphatic carbocycles. The van der Waals surface area contributed by atoms with E-state index in [2.05, 4.69) is 27.8 Å². The molecule has 1 N–H and O–H groups in total. The number of hydrogen-bond acceptors (Lipinski definition) is 1. The lowest BCUT2D eigenvalue weighted by Crippen LogP contribution is -2.04. The van der Waals surface area contributed by atoms with Gasteiger partial charge in [-0.3, -0.25) is 0 Å². The Morgan fingerprint density at radius 3 is 2.86 bits per heavy atom. The molecule has 0 bridgehead atoms. The number of halogens is 2. The minimum Gasteiger partial charge on any atom is -0.379 e. The number of anilines is 1. The molecule has 76 valence electrons. The fourth-order valence-electron chi connectivity index (χ4n) is 0.978. The molecule has 1 aromatic rings. The molecule has 1 rings (SSSR count). The van der Waals surface area contributed by atoms with Crippen molar-refractivity contribution in [3.8, 4) is 0 Å². The second-order valence-corrected chi connectivity index (χ2v) is 4.00. The van der Waals surface area contributed by atoms with Gasteiger partial charge in [0.2, 0.25) is 0 Å². The van der Waals surface area contributed by atoms with Crippen molar-refractivity contribution in [3.63, 3.8) is 0 Å². The molecule has 0 heterocycles. The predicted octanol–water partition coefficient (Wildman–Crippen LogP) is 3.97. The number of hydrogen-bond donors (Lipinski definition) is 1. The van der Waals surface area contributed by atoms with Crippen LogP contribution in [0.2, 0.25) is 0 Å². The van der Waals surface area contributed by atoms with Crippen LogP contribution in [0.15, 0.2) is 34.8 Å². The molecule has 0 aliphatic heterocycles. The van der Waals surface area contributed by atoms with E-state index in [9.17, 15) is 4.39 Å². The van der Waals surface area contributed by atoms with E-state index in [-0.39, 0.29) is 5.82 Å². The zero-order valence-corrected chi connectivity index (χ0v) is 9.70. The lowest BCUT2D eigenvalue weighted by molar-refractivity contribution is 0.630. The van der Waals surface area contributed by atoms with Crippen LogP contribution in [-0.2, 0) is 0 Å². The van der Waals surface area contributed by atoms with E-state index in [1.165, 1.54) is 6.07 Å². The van der Waals surface area contributed by atoms with Crippen molar-refractivity contribution in [1.29, 1.82) is 0 Å². The molecule has 0 aromatic heterocycles. The predicted molar refractivity (Wildman–Crippen MR) is 62.0 cm³/mol. The fraction of sp³-hybridized carbons (Fsp3) is 0.273. The topological polar surface area (TPSA) is 12.0 Å². The highest BCUT2D eigenvalue weighted by molar-refractivity contribution is 9.10. The monoisotopic (exact) mass is 257 g/mol. The Bertz CT molecular complexity index is 336. The number of rotatable bonds is 4. The van der Waals surface area contributed by atoms with Crippen LogP contribution < -0.4 is 5.32 Å². The van der Waals surface area contributed by atoms with Crippen LogP contribution in [-0.4, -0.2) is 6.54 Å². The van der Waals surface area contributed by atoms with Crippen LogP contribution >= 0.6 is 15.9 Å². The maximum Gasteiger partial charge on any atom is 0.147 e. The van der Waals surface area contributed by atoms with E-state index in [1.807, 2.05) is 6.92 Å². The van der Waals surface area contributed by atoms with Gasteiger partial charge in [-0.25, -0.2) is 4.39 Å². The van der Waals surface area contributed by atoms with Gasteiger partial charge in [0, 0.05) is 11.0 Å². The van der Waals surface area contributed by atoms with Gasteiger partial charge in [-0.15, -0.1) is 0 Å². The standard InChI is InChI=1S/C11H13BrFN/c1-3-8(2)7-14-11-5-4-9(12)6-10(11)13/h4-6,14H,2-3,7H2,1H3. The zero-order valence-electron chi connectivity index (χ0n) is 8.11. The van der Waals surface area contributed by atoms with E-state index in [1.54, 1.807) is 12.1 Å². The van der Waals surface area contributed by atoms with E-state index < -0.39 is 0 Å². The molecule has 1 aromatic carbocycles. The molecule has 0 saturated carbocycles. The van der Waals surface area contributed by atoms with Gasteiger partial charge in [-0.2, -0.15) is 0 Å². The third kappa shape index (κ3) is 3.14. The first-order valence-corrected chi connectivity index (χ1v) is 5.28. The fourth-order valence-corrected chi connectivity index (χ4v) is 1.31. The molecule has 0 atom stereocenters.